The fourth-order valence-corrected chi connectivity index (χ4v) is 9.72. The second-order valence-corrected chi connectivity index (χ2v) is 13.1. The van der Waals surface area contributed by atoms with Crippen LogP contribution in [-0.4, -0.2) is 78.5 Å². The third-order valence-corrected chi connectivity index (χ3v) is 11.2. The third-order valence-electron chi connectivity index (χ3n) is 11.2. The molecule has 0 saturated heterocycles. The average molecular weight is 485 g/mol. The molecule has 4 rings (SSSR count). The highest BCUT2D eigenvalue weighted by molar-refractivity contribution is 5.22. The van der Waals surface area contributed by atoms with Gasteiger partial charge in [-0.05, 0) is 66.6 Å². The Morgan fingerprint density at radius 3 is 2.09 bits per heavy atom. The molecular formula is C27H48O7. The van der Waals surface area contributed by atoms with Crippen LogP contribution in [0.1, 0.15) is 79.1 Å². The summed E-state index contributed by atoms with van der Waals surface area (Å²) in [6, 6.07) is 0. The first-order chi connectivity index (χ1) is 15.8. The van der Waals surface area contributed by atoms with E-state index in [1.54, 1.807) is 0 Å². The van der Waals surface area contributed by atoms with Gasteiger partial charge in [-0.2, -0.15) is 0 Å². The van der Waals surface area contributed by atoms with Gasteiger partial charge in [0.25, 0.3) is 0 Å². The molecule has 34 heavy (non-hydrogen) atoms. The number of hydrogen-bond acceptors (Lipinski definition) is 7. The van der Waals surface area contributed by atoms with E-state index in [1.807, 2.05) is 6.92 Å². The van der Waals surface area contributed by atoms with Crippen molar-refractivity contribution < 1.29 is 35.7 Å². The molecule has 0 aromatic rings. The summed E-state index contributed by atoms with van der Waals surface area (Å²) < 4.78 is 0. The first-order valence-electron chi connectivity index (χ1n) is 13.6. The number of aliphatic hydroxyl groups is 7. The molecule has 0 aromatic carbocycles. The van der Waals surface area contributed by atoms with Crippen molar-refractivity contribution in [3.05, 3.63) is 0 Å². The maximum Gasteiger partial charge on any atom is 0.0863 e. The van der Waals surface area contributed by atoms with Crippen molar-refractivity contribution in [2.24, 2.45) is 46.3 Å². The third kappa shape index (κ3) is 3.80. The van der Waals surface area contributed by atoms with Crippen molar-refractivity contribution in [3.8, 4) is 0 Å². The maximum absolute atomic E-state index is 12.3. The second kappa shape index (κ2) is 9.23. The van der Waals surface area contributed by atoms with Gasteiger partial charge in [0.2, 0.25) is 0 Å². The SMILES string of the molecule is CC(CCO)CCC(C)C1[C@@H](O)[C@H](O)C2[C@]1(C)CCC1[C@@]3(C)CC[C@H](O)[C@H](O)C3[C@H](O)C[C@]12O. The minimum atomic E-state index is -1.35. The lowest BCUT2D eigenvalue weighted by Crippen LogP contribution is -2.71. The lowest BCUT2D eigenvalue weighted by Gasteiger charge is -2.66. The van der Waals surface area contributed by atoms with Gasteiger partial charge in [0, 0.05) is 24.9 Å². The molecule has 14 atom stereocenters. The smallest absolute Gasteiger partial charge is 0.0863 e. The zero-order chi connectivity index (χ0) is 25.2. The lowest BCUT2D eigenvalue weighted by molar-refractivity contribution is -0.280. The quantitative estimate of drug-likeness (QED) is 0.302. The van der Waals surface area contributed by atoms with Gasteiger partial charge in [-0.15, -0.1) is 0 Å². The summed E-state index contributed by atoms with van der Waals surface area (Å²) in [5.74, 6) is -0.943. The molecule has 6 unspecified atom stereocenters. The minimum absolute atomic E-state index is 0.0420. The lowest BCUT2D eigenvalue weighted by atomic mass is 9.41. The molecular weight excluding hydrogens is 436 g/mol. The van der Waals surface area contributed by atoms with E-state index in [2.05, 4.69) is 20.8 Å². The van der Waals surface area contributed by atoms with E-state index >= 15 is 0 Å². The summed E-state index contributed by atoms with van der Waals surface area (Å²) in [7, 11) is 0. The molecule has 0 spiro atoms. The fraction of sp³-hybridized carbons (Fsp3) is 1.00. The maximum atomic E-state index is 12.3. The summed E-state index contributed by atoms with van der Waals surface area (Å²) in [6.45, 7) is 8.54. The predicted octanol–water partition coefficient (Wildman–Crippen LogP) is 1.44. The highest BCUT2D eigenvalue weighted by Gasteiger charge is 2.73. The van der Waals surface area contributed by atoms with E-state index in [9.17, 15) is 35.7 Å². The molecule has 0 heterocycles. The zero-order valence-corrected chi connectivity index (χ0v) is 21.3. The molecule has 0 amide bonds. The predicted molar refractivity (Wildman–Crippen MR) is 128 cm³/mol. The van der Waals surface area contributed by atoms with Crippen LogP contribution < -0.4 is 0 Å². The first kappa shape index (κ1) is 26.8. The highest BCUT2D eigenvalue weighted by Crippen LogP contribution is 2.69. The van der Waals surface area contributed by atoms with Crippen LogP contribution in [0.2, 0.25) is 0 Å². The van der Waals surface area contributed by atoms with Crippen LogP contribution in [-0.2, 0) is 0 Å². The summed E-state index contributed by atoms with van der Waals surface area (Å²) in [5.41, 5.74) is -2.38. The van der Waals surface area contributed by atoms with Gasteiger partial charge in [0.15, 0.2) is 0 Å². The molecule has 0 aromatic heterocycles. The molecule has 198 valence electrons. The molecule has 7 nitrogen and oxygen atoms in total. The van der Waals surface area contributed by atoms with Crippen molar-refractivity contribution in [2.45, 2.75) is 115 Å². The Labute approximate surface area is 204 Å². The van der Waals surface area contributed by atoms with Crippen molar-refractivity contribution in [1.29, 1.82) is 0 Å². The molecule has 7 heteroatoms. The normalized spacial score (nSPS) is 54.6. The number of aliphatic hydroxyl groups excluding tert-OH is 6. The molecule has 4 saturated carbocycles. The summed E-state index contributed by atoms with van der Waals surface area (Å²) in [6.07, 6.45) is 0.197. The topological polar surface area (TPSA) is 142 Å². The molecule has 0 bridgehead atoms. The van der Waals surface area contributed by atoms with E-state index < -0.39 is 58.8 Å². The monoisotopic (exact) mass is 484 g/mol. The minimum Gasteiger partial charge on any atom is -0.396 e. The zero-order valence-electron chi connectivity index (χ0n) is 21.3. The Morgan fingerprint density at radius 2 is 1.44 bits per heavy atom. The fourth-order valence-electron chi connectivity index (χ4n) is 9.72. The van der Waals surface area contributed by atoms with Crippen LogP contribution >= 0.6 is 0 Å². The van der Waals surface area contributed by atoms with Gasteiger partial charge in [0.1, 0.15) is 0 Å². The molecule has 4 aliphatic carbocycles. The largest absolute Gasteiger partial charge is 0.396 e. The average Bonchev–Trinajstić information content (AvgIpc) is 2.95. The summed E-state index contributed by atoms with van der Waals surface area (Å²) in [4.78, 5) is 0. The van der Waals surface area contributed by atoms with Crippen LogP contribution in [0, 0.1) is 46.3 Å². The van der Waals surface area contributed by atoms with Crippen molar-refractivity contribution in [3.63, 3.8) is 0 Å². The van der Waals surface area contributed by atoms with E-state index in [0.717, 1.165) is 25.7 Å². The summed E-state index contributed by atoms with van der Waals surface area (Å²) >= 11 is 0. The Bertz CT molecular complexity index is 734. The molecule has 4 aliphatic rings. The van der Waals surface area contributed by atoms with Crippen molar-refractivity contribution in [2.75, 3.05) is 6.61 Å². The Morgan fingerprint density at radius 1 is 0.794 bits per heavy atom. The van der Waals surface area contributed by atoms with Gasteiger partial charge in [-0.3, -0.25) is 0 Å². The Hall–Kier alpha value is -0.280. The first-order valence-corrected chi connectivity index (χ1v) is 13.6. The number of fused-ring (bicyclic) bond motifs is 5. The highest BCUT2D eigenvalue weighted by atomic mass is 16.3. The molecule has 7 N–H and O–H groups in total. The van der Waals surface area contributed by atoms with Gasteiger partial charge < -0.3 is 35.7 Å². The Kier molecular flexibility index (Phi) is 7.27. The van der Waals surface area contributed by atoms with E-state index in [-0.39, 0.29) is 30.8 Å². The number of rotatable bonds is 6. The van der Waals surface area contributed by atoms with Gasteiger partial charge >= 0.3 is 0 Å². The molecule has 0 aliphatic heterocycles. The van der Waals surface area contributed by atoms with Gasteiger partial charge in [0.05, 0.1) is 36.1 Å². The Balaban J connectivity index is 1.64. The van der Waals surface area contributed by atoms with E-state index in [0.29, 0.717) is 25.2 Å². The van der Waals surface area contributed by atoms with Crippen LogP contribution in [0.25, 0.3) is 0 Å². The van der Waals surface area contributed by atoms with Crippen molar-refractivity contribution in [1.82, 2.24) is 0 Å². The van der Waals surface area contributed by atoms with Crippen LogP contribution in [0.15, 0.2) is 0 Å². The summed E-state index contributed by atoms with van der Waals surface area (Å²) in [5, 5.41) is 76.5. The molecule has 0 radical (unpaired) electrons. The van der Waals surface area contributed by atoms with Gasteiger partial charge in [-0.25, -0.2) is 0 Å². The van der Waals surface area contributed by atoms with E-state index in [4.69, 9.17) is 0 Å². The standard InChI is InChI=1S/C27H48O7/c1-14(9-12-28)5-6-15(2)19-22(32)23(33)24-26(19,4)11-8-18-25(3)10-7-16(29)21(31)20(25)17(30)13-27(18,24)34/h14-24,28-34H,5-13H2,1-4H3/t14?,15?,16-,17+,18?,19?,20?,21-,22+,23-,24?,25+,26+,27-/m0/s1. The van der Waals surface area contributed by atoms with E-state index in [1.165, 1.54) is 0 Å². The van der Waals surface area contributed by atoms with Crippen LogP contribution in [0.5, 0.6) is 0 Å². The molecule has 4 fully saturated rings. The second-order valence-electron chi connectivity index (χ2n) is 13.1. The number of hydrogen-bond donors (Lipinski definition) is 7. The van der Waals surface area contributed by atoms with Crippen molar-refractivity contribution >= 4 is 0 Å². The van der Waals surface area contributed by atoms with Crippen LogP contribution in [0.4, 0.5) is 0 Å². The van der Waals surface area contributed by atoms with Gasteiger partial charge in [-0.1, -0.05) is 40.5 Å². The van der Waals surface area contributed by atoms with Crippen LogP contribution in [0.3, 0.4) is 0 Å².